The summed E-state index contributed by atoms with van der Waals surface area (Å²) in [6.07, 6.45) is 0.128. The lowest BCUT2D eigenvalue weighted by Crippen LogP contribution is -2.10. The molecule has 0 fully saturated rings. The third kappa shape index (κ3) is 4.51. The van der Waals surface area contributed by atoms with Gasteiger partial charge in [0.1, 0.15) is 11.5 Å². The first-order valence-corrected chi connectivity index (χ1v) is 8.01. The van der Waals surface area contributed by atoms with Gasteiger partial charge in [0.15, 0.2) is 0 Å². The molecule has 0 saturated carbocycles. The highest BCUT2D eigenvalue weighted by Crippen LogP contribution is 2.18. The van der Waals surface area contributed by atoms with E-state index in [0.717, 1.165) is 11.4 Å². The fourth-order valence-corrected chi connectivity index (χ4v) is 2.20. The summed E-state index contributed by atoms with van der Waals surface area (Å²) in [5.41, 5.74) is 0.875. The summed E-state index contributed by atoms with van der Waals surface area (Å²) in [6.45, 7) is 4.29. The minimum Gasteiger partial charge on any atom is -0.491 e. The van der Waals surface area contributed by atoms with Crippen molar-refractivity contribution in [2.45, 2.75) is 31.6 Å². The maximum Gasteiger partial charge on any atom is 0.271 e. The second-order valence-corrected chi connectivity index (χ2v) is 6.30. The van der Waals surface area contributed by atoms with Gasteiger partial charge in [-0.2, -0.15) is 0 Å². The van der Waals surface area contributed by atoms with Gasteiger partial charge in [-0.25, -0.2) is 13.6 Å². The number of ether oxygens (including phenoxy) is 1. The molecule has 0 atom stereocenters. The molecule has 1 heterocycles. The number of hydrogen-bond acceptors (Lipinski definition) is 5. The topological polar surface area (TPSA) is 94.6 Å². The van der Waals surface area contributed by atoms with Gasteiger partial charge < -0.3 is 14.5 Å². The quantitative estimate of drug-likeness (QED) is 0.854. The van der Waals surface area contributed by atoms with E-state index in [9.17, 15) is 8.42 Å². The molecular formula is C14H18N2O4S. The largest absolute Gasteiger partial charge is 0.491 e. The fraction of sp³-hybridized carbons (Fsp3) is 0.286. The van der Waals surface area contributed by atoms with Crippen molar-refractivity contribution < 1.29 is 17.6 Å². The number of nitrogens with two attached hydrogens (primary N) is 1. The second kappa shape index (κ2) is 6.19. The van der Waals surface area contributed by atoms with E-state index >= 15 is 0 Å². The van der Waals surface area contributed by atoms with Gasteiger partial charge >= 0.3 is 0 Å². The average molecular weight is 310 g/mol. The highest BCUT2D eigenvalue weighted by molar-refractivity contribution is 7.89. The highest BCUT2D eigenvalue weighted by Gasteiger charge is 2.12. The van der Waals surface area contributed by atoms with Crippen LogP contribution in [0.1, 0.15) is 19.6 Å². The Hall–Kier alpha value is -1.99. The third-order valence-corrected chi connectivity index (χ3v) is 3.39. The molecule has 0 aliphatic heterocycles. The van der Waals surface area contributed by atoms with Crippen LogP contribution in [0.3, 0.4) is 0 Å². The summed E-state index contributed by atoms with van der Waals surface area (Å²) in [4.78, 5) is 0. The van der Waals surface area contributed by atoms with Crippen LogP contribution in [-0.2, 0) is 16.6 Å². The first kappa shape index (κ1) is 15.4. The predicted octanol–water partition coefficient (Wildman–Crippen LogP) is 2.33. The van der Waals surface area contributed by atoms with E-state index in [-0.39, 0.29) is 11.2 Å². The Morgan fingerprint density at radius 1 is 1.19 bits per heavy atom. The Morgan fingerprint density at radius 3 is 2.38 bits per heavy atom. The predicted molar refractivity (Wildman–Crippen MR) is 79.6 cm³/mol. The van der Waals surface area contributed by atoms with Gasteiger partial charge in [-0.15, -0.1) is 0 Å². The van der Waals surface area contributed by atoms with E-state index in [4.69, 9.17) is 14.3 Å². The smallest absolute Gasteiger partial charge is 0.271 e. The number of furan rings is 1. The molecule has 0 radical (unpaired) electrons. The zero-order chi connectivity index (χ0) is 15.5. The molecule has 0 unspecified atom stereocenters. The summed E-state index contributed by atoms with van der Waals surface area (Å²) in [5, 5.41) is 7.86. The van der Waals surface area contributed by atoms with Gasteiger partial charge in [0, 0.05) is 5.69 Å². The van der Waals surface area contributed by atoms with Crippen molar-refractivity contribution in [1.29, 1.82) is 0 Å². The first-order chi connectivity index (χ1) is 9.84. The lowest BCUT2D eigenvalue weighted by Gasteiger charge is -2.10. The molecule has 0 amide bonds. The molecule has 2 rings (SSSR count). The molecule has 0 aliphatic carbocycles. The lowest BCUT2D eigenvalue weighted by atomic mass is 10.3. The number of sulfonamides is 1. The van der Waals surface area contributed by atoms with E-state index in [1.54, 1.807) is 6.07 Å². The van der Waals surface area contributed by atoms with Crippen LogP contribution in [0.15, 0.2) is 45.9 Å². The maximum absolute atomic E-state index is 11.1. The van der Waals surface area contributed by atoms with E-state index in [1.165, 1.54) is 6.07 Å². The van der Waals surface area contributed by atoms with Gasteiger partial charge in [0.2, 0.25) is 5.09 Å². The van der Waals surface area contributed by atoms with Crippen molar-refractivity contribution >= 4 is 15.7 Å². The zero-order valence-corrected chi connectivity index (χ0v) is 12.7. The van der Waals surface area contributed by atoms with Gasteiger partial charge in [-0.3, -0.25) is 0 Å². The van der Waals surface area contributed by atoms with Crippen LogP contribution < -0.4 is 15.2 Å². The maximum atomic E-state index is 11.1. The van der Waals surface area contributed by atoms with Crippen molar-refractivity contribution in [3.63, 3.8) is 0 Å². The van der Waals surface area contributed by atoms with Crippen LogP contribution in [0.2, 0.25) is 0 Å². The molecule has 1 aromatic carbocycles. The van der Waals surface area contributed by atoms with Crippen molar-refractivity contribution in [2.24, 2.45) is 5.14 Å². The molecule has 3 N–H and O–H groups in total. The van der Waals surface area contributed by atoms with E-state index in [2.05, 4.69) is 5.32 Å². The van der Waals surface area contributed by atoms with Crippen LogP contribution in [0.5, 0.6) is 5.75 Å². The molecule has 0 bridgehead atoms. The summed E-state index contributed by atoms with van der Waals surface area (Å²) in [5.74, 6) is 1.28. The number of nitrogens with one attached hydrogen (secondary N) is 1. The first-order valence-electron chi connectivity index (χ1n) is 6.47. The number of anilines is 1. The van der Waals surface area contributed by atoms with E-state index < -0.39 is 10.0 Å². The van der Waals surface area contributed by atoms with Crippen LogP contribution >= 0.6 is 0 Å². The molecule has 6 nitrogen and oxygen atoms in total. The Morgan fingerprint density at radius 2 is 1.86 bits per heavy atom. The van der Waals surface area contributed by atoms with Gasteiger partial charge in [-0.1, -0.05) is 0 Å². The molecule has 114 valence electrons. The summed E-state index contributed by atoms with van der Waals surface area (Å²) >= 11 is 0. The molecule has 7 heteroatoms. The Kier molecular flexibility index (Phi) is 4.54. The average Bonchev–Trinajstić information content (AvgIpc) is 2.86. The van der Waals surface area contributed by atoms with Gasteiger partial charge in [0.05, 0.1) is 12.6 Å². The van der Waals surface area contributed by atoms with Crippen molar-refractivity contribution in [3.05, 3.63) is 42.2 Å². The molecule has 0 spiro atoms. The van der Waals surface area contributed by atoms with Crippen LogP contribution in [-0.4, -0.2) is 14.5 Å². The monoisotopic (exact) mass is 310 g/mol. The molecule has 0 aliphatic rings. The molecule has 1 aromatic heterocycles. The Balaban J connectivity index is 1.95. The van der Waals surface area contributed by atoms with E-state index in [1.807, 2.05) is 38.1 Å². The molecule has 21 heavy (non-hydrogen) atoms. The SMILES string of the molecule is CC(C)Oc1ccc(NCc2ccc(S(N)(=O)=O)o2)cc1. The standard InChI is InChI=1S/C14H18N2O4S/c1-10(2)19-12-5-3-11(4-6-12)16-9-13-7-8-14(20-13)21(15,17)18/h3-8,10,16H,9H2,1-2H3,(H2,15,17,18). The molecule has 2 aromatic rings. The summed E-state index contributed by atoms with van der Waals surface area (Å²) < 4.78 is 32.9. The van der Waals surface area contributed by atoms with Crippen LogP contribution in [0.4, 0.5) is 5.69 Å². The number of rotatable bonds is 6. The van der Waals surface area contributed by atoms with Crippen molar-refractivity contribution in [1.82, 2.24) is 0 Å². The number of benzene rings is 1. The third-order valence-electron chi connectivity index (χ3n) is 2.61. The van der Waals surface area contributed by atoms with Gasteiger partial charge in [-0.05, 0) is 50.2 Å². The van der Waals surface area contributed by atoms with Gasteiger partial charge in [0.25, 0.3) is 10.0 Å². The Labute approximate surface area is 124 Å². The summed E-state index contributed by atoms with van der Waals surface area (Å²) in [6, 6.07) is 10.4. The fourth-order valence-electron chi connectivity index (χ4n) is 1.72. The second-order valence-electron chi connectivity index (χ2n) is 4.81. The minimum absolute atomic E-state index is 0.128. The highest BCUT2D eigenvalue weighted by atomic mass is 32.2. The normalized spacial score (nSPS) is 11.6. The summed E-state index contributed by atoms with van der Waals surface area (Å²) in [7, 11) is -3.79. The lowest BCUT2D eigenvalue weighted by molar-refractivity contribution is 0.242. The number of primary sulfonamides is 1. The minimum atomic E-state index is -3.79. The van der Waals surface area contributed by atoms with Crippen molar-refractivity contribution in [3.8, 4) is 5.75 Å². The zero-order valence-electron chi connectivity index (χ0n) is 11.9. The Bertz CT molecular complexity index is 690. The van der Waals surface area contributed by atoms with Crippen LogP contribution in [0.25, 0.3) is 0 Å². The van der Waals surface area contributed by atoms with Crippen molar-refractivity contribution in [2.75, 3.05) is 5.32 Å². The molecule has 0 saturated heterocycles. The van der Waals surface area contributed by atoms with Crippen LogP contribution in [0, 0.1) is 0 Å². The van der Waals surface area contributed by atoms with E-state index in [0.29, 0.717) is 12.3 Å². The number of hydrogen-bond donors (Lipinski definition) is 2. The molecular weight excluding hydrogens is 292 g/mol.